The summed E-state index contributed by atoms with van der Waals surface area (Å²) in [4.78, 5) is 0. The fourth-order valence-corrected chi connectivity index (χ4v) is 1.56. The third-order valence-electron chi connectivity index (χ3n) is 2.47. The summed E-state index contributed by atoms with van der Waals surface area (Å²) in [5, 5.41) is 0. The van der Waals surface area contributed by atoms with E-state index in [1.165, 1.54) is 6.07 Å². The van der Waals surface area contributed by atoms with Crippen LogP contribution in [0.15, 0.2) is 18.2 Å². The third-order valence-corrected chi connectivity index (χ3v) is 2.47. The van der Waals surface area contributed by atoms with Gasteiger partial charge in [-0.3, -0.25) is 0 Å². The van der Waals surface area contributed by atoms with Crippen LogP contribution in [0.4, 0.5) is 8.78 Å². The molecule has 1 aromatic rings. The molecular formula is C10H10F2. The fourth-order valence-electron chi connectivity index (χ4n) is 1.56. The summed E-state index contributed by atoms with van der Waals surface area (Å²) < 4.78 is 25.6. The molecule has 2 unspecified atom stereocenters. The number of benzene rings is 1. The van der Waals surface area contributed by atoms with E-state index in [0.29, 0.717) is 17.4 Å². The van der Waals surface area contributed by atoms with Crippen molar-refractivity contribution in [3.63, 3.8) is 0 Å². The maximum atomic E-state index is 13.1. The van der Waals surface area contributed by atoms with Crippen LogP contribution in [0.1, 0.15) is 24.8 Å². The van der Waals surface area contributed by atoms with Crippen molar-refractivity contribution >= 4 is 0 Å². The van der Waals surface area contributed by atoms with E-state index in [1.807, 2.05) is 0 Å². The van der Waals surface area contributed by atoms with E-state index in [9.17, 15) is 8.78 Å². The average molecular weight is 168 g/mol. The molecule has 0 saturated heterocycles. The molecule has 0 heterocycles. The first-order valence-electron chi connectivity index (χ1n) is 4.13. The predicted molar refractivity (Wildman–Crippen MR) is 42.9 cm³/mol. The minimum absolute atomic E-state index is 0.325. The lowest BCUT2D eigenvalue weighted by Gasteiger charge is -1.99. The summed E-state index contributed by atoms with van der Waals surface area (Å²) in [5.41, 5.74) is 0.670. The summed E-state index contributed by atoms with van der Waals surface area (Å²) in [7, 11) is 0. The molecule has 0 radical (unpaired) electrons. The summed E-state index contributed by atoms with van der Waals surface area (Å²) in [5.74, 6) is -0.00976. The number of halogens is 2. The van der Waals surface area contributed by atoms with Gasteiger partial charge in [-0.15, -0.1) is 0 Å². The van der Waals surface area contributed by atoms with Crippen molar-refractivity contribution in [3.8, 4) is 0 Å². The molecule has 2 rings (SSSR count). The van der Waals surface area contributed by atoms with Crippen molar-refractivity contribution in [1.29, 1.82) is 0 Å². The highest BCUT2D eigenvalue weighted by atomic mass is 19.1. The monoisotopic (exact) mass is 168 g/mol. The third kappa shape index (κ3) is 1.22. The van der Waals surface area contributed by atoms with E-state index in [1.54, 1.807) is 6.07 Å². The Morgan fingerprint density at radius 1 is 1.33 bits per heavy atom. The van der Waals surface area contributed by atoms with Gasteiger partial charge in [0.15, 0.2) is 0 Å². The maximum Gasteiger partial charge on any atom is 0.129 e. The molecule has 1 aliphatic carbocycles. The molecule has 1 saturated carbocycles. The normalized spacial score (nSPS) is 27.2. The van der Waals surface area contributed by atoms with Crippen molar-refractivity contribution in [2.75, 3.05) is 0 Å². The second-order valence-electron chi connectivity index (χ2n) is 3.49. The molecule has 1 fully saturated rings. The molecule has 2 heteroatoms. The van der Waals surface area contributed by atoms with Gasteiger partial charge in [0, 0.05) is 6.07 Å². The van der Waals surface area contributed by atoms with Gasteiger partial charge < -0.3 is 0 Å². The second kappa shape index (κ2) is 2.54. The van der Waals surface area contributed by atoms with Gasteiger partial charge in [0.1, 0.15) is 11.6 Å². The first kappa shape index (κ1) is 7.71. The van der Waals surface area contributed by atoms with Crippen molar-refractivity contribution in [2.24, 2.45) is 5.92 Å². The van der Waals surface area contributed by atoms with E-state index in [-0.39, 0.29) is 0 Å². The Bertz CT molecular complexity index is 307. The molecule has 2 atom stereocenters. The molecule has 1 aliphatic rings. The average Bonchev–Trinajstić information content (AvgIpc) is 2.66. The first-order valence-corrected chi connectivity index (χ1v) is 4.13. The van der Waals surface area contributed by atoms with Crippen LogP contribution in [0.3, 0.4) is 0 Å². The van der Waals surface area contributed by atoms with Crippen LogP contribution >= 0.6 is 0 Å². The van der Waals surface area contributed by atoms with Gasteiger partial charge in [0.25, 0.3) is 0 Å². The molecule has 0 N–H and O–H groups in total. The highest BCUT2D eigenvalue weighted by Gasteiger charge is 2.35. The molecule has 12 heavy (non-hydrogen) atoms. The van der Waals surface area contributed by atoms with Gasteiger partial charge in [-0.05, 0) is 29.9 Å². The Morgan fingerprint density at radius 2 is 2.00 bits per heavy atom. The zero-order chi connectivity index (χ0) is 8.72. The van der Waals surface area contributed by atoms with Crippen LogP contribution in [0.2, 0.25) is 0 Å². The SMILES string of the molecule is CC1CC1c1ccc(F)cc1F. The molecule has 0 aromatic heterocycles. The Hall–Kier alpha value is -0.920. The largest absolute Gasteiger partial charge is 0.207 e. The standard InChI is InChI=1S/C10H10F2/c1-6-4-9(6)8-3-2-7(11)5-10(8)12/h2-3,5-6,9H,4H2,1H3. The molecule has 0 spiro atoms. The summed E-state index contributed by atoms with van der Waals surface area (Å²) in [6, 6.07) is 3.84. The smallest absolute Gasteiger partial charge is 0.129 e. The molecule has 1 aromatic carbocycles. The molecule has 0 bridgehead atoms. The van der Waals surface area contributed by atoms with Gasteiger partial charge in [0.05, 0.1) is 0 Å². The van der Waals surface area contributed by atoms with Gasteiger partial charge in [0.2, 0.25) is 0 Å². The van der Waals surface area contributed by atoms with E-state index in [4.69, 9.17) is 0 Å². The van der Waals surface area contributed by atoms with E-state index >= 15 is 0 Å². The van der Waals surface area contributed by atoms with Gasteiger partial charge in [-0.1, -0.05) is 13.0 Å². The summed E-state index contributed by atoms with van der Waals surface area (Å²) in [6.45, 7) is 2.08. The van der Waals surface area contributed by atoms with Gasteiger partial charge in [-0.2, -0.15) is 0 Å². The minimum Gasteiger partial charge on any atom is -0.207 e. The number of hydrogen-bond donors (Lipinski definition) is 0. The quantitative estimate of drug-likeness (QED) is 0.604. The molecule has 0 nitrogen and oxygen atoms in total. The molecule has 0 amide bonds. The predicted octanol–water partition coefficient (Wildman–Crippen LogP) is 3.09. The van der Waals surface area contributed by atoms with Crippen LogP contribution in [-0.2, 0) is 0 Å². The summed E-state index contributed by atoms with van der Waals surface area (Å²) >= 11 is 0. The lowest BCUT2D eigenvalue weighted by Crippen LogP contribution is -1.89. The zero-order valence-corrected chi connectivity index (χ0v) is 6.85. The molecule has 0 aliphatic heterocycles. The van der Waals surface area contributed by atoms with Crippen molar-refractivity contribution in [2.45, 2.75) is 19.3 Å². The topological polar surface area (TPSA) is 0 Å². The van der Waals surface area contributed by atoms with Crippen LogP contribution in [0.5, 0.6) is 0 Å². The van der Waals surface area contributed by atoms with Gasteiger partial charge >= 0.3 is 0 Å². The van der Waals surface area contributed by atoms with Crippen LogP contribution in [-0.4, -0.2) is 0 Å². The zero-order valence-electron chi connectivity index (χ0n) is 6.85. The Labute approximate surface area is 70.2 Å². The Morgan fingerprint density at radius 3 is 2.50 bits per heavy atom. The van der Waals surface area contributed by atoms with Crippen LogP contribution < -0.4 is 0 Å². The lowest BCUT2D eigenvalue weighted by molar-refractivity contribution is 0.571. The number of rotatable bonds is 1. The van der Waals surface area contributed by atoms with E-state index in [0.717, 1.165) is 12.5 Å². The molecule has 64 valence electrons. The fraction of sp³-hybridized carbons (Fsp3) is 0.400. The highest BCUT2D eigenvalue weighted by Crippen LogP contribution is 2.47. The van der Waals surface area contributed by atoms with Crippen molar-refractivity contribution in [3.05, 3.63) is 35.4 Å². The van der Waals surface area contributed by atoms with Crippen LogP contribution in [0.25, 0.3) is 0 Å². The highest BCUT2D eigenvalue weighted by molar-refractivity contribution is 5.27. The van der Waals surface area contributed by atoms with Crippen molar-refractivity contribution < 1.29 is 8.78 Å². The Balaban J connectivity index is 2.33. The van der Waals surface area contributed by atoms with Crippen molar-refractivity contribution in [1.82, 2.24) is 0 Å². The number of hydrogen-bond acceptors (Lipinski definition) is 0. The molecular weight excluding hydrogens is 158 g/mol. The van der Waals surface area contributed by atoms with E-state index in [2.05, 4.69) is 6.92 Å². The summed E-state index contributed by atoms with van der Waals surface area (Å²) in [6.07, 6.45) is 1.03. The van der Waals surface area contributed by atoms with E-state index < -0.39 is 11.6 Å². The second-order valence-corrected chi connectivity index (χ2v) is 3.49. The minimum atomic E-state index is -0.496. The first-order chi connectivity index (χ1) is 5.68. The van der Waals surface area contributed by atoms with Crippen LogP contribution in [0, 0.1) is 17.6 Å². The Kier molecular flexibility index (Phi) is 1.63. The lowest BCUT2D eigenvalue weighted by atomic mass is 10.1. The van der Waals surface area contributed by atoms with Gasteiger partial charge in [-0.25, -0.2) is 8.78 Å². The maximum absolute atomic E-state index is 13.1.